The molecule has 1 aliphatic carbocycles. The summed E-state index contributed by atoms with van der Waals surface area (Å²) in [5.74, 6) is 1.56. The number of aliphatic hydroxyl groups is 1. The Bertz CT molecular complexity index is 582. The van der Waals surface area contributed by atoms with E-state index in [1.807, 2.05) is 24.3 Å². The first-order chi connectivity index (χ1) is 10.2. The Balaban J connectivity index is 1.61. The zero-order chi connectivity index (χ0) is 14.7. The van der Waals surface area contributed by atoms with Gasteiger partial charge < -0.3 is 9.63 Å². The number of hydrogen-bond donors (Lipinski definition) is 1. The van der Waals surface area contributed by atoms with E-state index < -0.39 is 0 Å². The number of aliphatic hydroxyl groups excluding tert-OH is 1. The second-order valence-electron chi connectivity index (χ2n) is 5.72. The minimum atomic E-state index is -0.231. The van der Waals surface area contributed by atoms with E-state index in [4.69, 9.17) is 16.1 Å². The van der Waals surface area contributed by atoms with Gasteiger partial charge >= 0.3 is 0 Å². The van der Waals surface area contributed by atoms with Gasteiger partial charge in [-0.3, -0.25) is 0 Å². The summed E-state index contributed by atoms with van der Waals surface area (Å²) in [6.07, 6.45) is 5.29. The summed E-state index contributed by atoms with van der Waals surface area (Å²) in [5.41, 5.74) is 1.10. The molecule has 4 nitrogen and oxygen atoms in total. The summed E-state index contributed by atoms with van der Waals surface area (Å²) in [7, 11) is 0. The van der Waals surface area contributed by atoms with Crippen LogP contribution in [0.3, 0.4) is 0 Å². The fourth-order valence-electron chi connectivity index (χ4n) is 2.88. The smallest absolute Gasteiger partial charge is 0.227 e. The summed E-state index contributed by atoms with van der Waals surface area (Å²) in [6, 6.07) is 7.64. The Hall–Kier alpha value is -1.39. The SMILES string of the molecule is OC1CCCCC1Cc1nc(Cc2ccc(Cl)cc2)no1. The lowest BCUT2D eigenvalue weighted by molar-refractivity contribution is 0.0657. The molecule has 0 saturated heterocycles. The van der Waals surface area contributed by atoms with Crippen molar-refractivity contribution in [2.75, 3.05) is 0 Å². The quantitative estimate of drug-likeness (QED) is 0.940. The molecule has 1 saturated carbocycles. The van der Waals surface area contributed by atoms with Gasteiger partial charge in [-0.15, -0.1) is 0 Å². The largest absolute Gasteiger partial charge is 0.393 e. The lowest BCUT2D eigenvalue weighted by Crippen LogP contribution is -2.26. The zero-order valence-corrected chi connectivity index (χ0v) is 12.6. The Morgan fingerprint density at radius 3 is 2.71 bits per heavy atom. The highest BCUT2D eigenvalue weighted by Crippen LogP contribution is 2.27. The molecule has 0 amide bonds. The molecule has 1 aliphatic rings. The van der Waals surface area contributed by atoms with Crippen LogP contribution < -0.4 is 0 Å². The van der Waals surface area contributed by atoms with Gasteiger partial charge in [0.1, 0.15) is 0 Å². The van der Waals surface area contributed by atoms with E-state index in [2.05, 4.69) is 10.1 Å². The number of rotatable bonds is 4. The molecule has 1 fully saturated rings. The molecule has 0 radical (unpaired) electrons. The molecule has 1 N–H and O–H groups in total. The highest BCUT2D eigenvalue weighted by Gasteiger charge is 2.25. The van der Waals surface area contributed by atoms with Crippen LogP contribution in [0.2, 0.25) is 5.02 Å². The molecule has 1 aromatic carbocycles. The normalized spacial score (nSPS) is 22.4. The van der Waals surface area contributed by atoms with Gasteiger partial charge in [-0.05, 0) is 36.5 Å². The van der Waals surface area contributed by atoms with Gasteiger partial charge in [-0.2, -0.15) is 4.98 Å². The van der Waals surface area contributed by atoms with E-state index in [1.54, 1.807) is 0 Å². The first-order valence-corrected chi connectivity index (χ1v) is 7.82. The third kappa shape index (κ3) is 3.83. The van der Waals surface area contributed by atoms with Gasteiger partial charge in [-0.25, -0.2) is 0 Å². The van der Waals surface area contributed by atoms with Gasteiger partial charge in [0.15, 0.2) is 5.82 Å². The van der Waals surface area contributed by atoms with Crippen LogP contribution in [0.1, 0.15) is 43.0 Å². The molecule has 2 aromatic rings. The highest BCUT2D eigenvalue weighted by atomic mass is 35.5. The van der Waals surface area contributed by atoms with Crippen LogP contribution in [0.4, 0.5) is 0 Å². The van der Waals surface area contributed by atoms with Crippen molar-refractivity contribution in [1.82, 2.24) is 10.1 Å². The fourth-order valence-corrected chi connectivity index (χ4v) is 3.01. The van der Waals surface area contributed by atoms with E-state index >= 15 is 0 Å². The Kier molecular flexibility index (Phi) is 4.56. The Morgan fingerprint density at radius 1 is 1.19 bits per heavy atom. The first-order valence-electron chi connectivity index (χ1n) is 7.44. The van der Waals surface area contributed by atoms with Crippen molar-refractivity contribution in [3.05, 3.63) is 46.6 Å². The maximum Gasteiger partial charge on any atom is 0.227 e. The lowest BCUT2D eigenvalue weighted by Gasteiger charge is -2.26. The molecule has 1 heterocycles. The number of nitrogens with zero attached hydrogens (tertiary/aromatic N) is 2. The molecule has 21 heavy (non-hydrogen) atoms. The molecular weight excluding hydrogens is 288 g/mol. The predicted octanol–water partition coefficient (Wildman–Crippen LogP) is 3.41. The van der Waals surface area contributed by atoms with Crippen LogP contribution >= 0.6 is 11.6 Å². The Labute approximate surface area is 129 Å². The number of benzene rings is 1. The average molecular weight is 307 g/mol. The predicted molar refractivity (Wildman–Crippen MR) is 80.2 cm³/mol. The van der Waals surface area contributed by atoms with Crippen LogP contribution in [0.5, 0.6) is 0 Å². The minimum Gasteiger partial charge on any atom is -0.393 e. The van der Waals surface area contributed by atoms with Crippen LogP contribution in [0.15, 0.2) is 28.8 Å². The van der Waals surface area contributed by atoms with Crippen LogP contribution in [-0.4, -0.2) is 21.4 Å². The third-order valence-electron chi connectivity index (χ3n) is 4.09. The fraction of sp³-hybridized carbons (Fsp3) is 0.500. The number of aromatic nitrogens is 2. The van der Waals surface area contributed by atoms with Crippen molar-refractivity contribution in [3.8, 4) is 0 Å². The van der Waals surface area contributed by atoms with Crippen molar-refractivity contribution in [1.29, 1.82) is 0 Å². The van der Waals surface area contributed by atoms with E-state index in [1.165, 1.54) is 6.42 Å². The van der Waals surface area contributed by atoms with E-state index in [9.17, 15) is 5.11 Å². The van der Waals surface area contributed by atoms with Crippen LogP contribution in [-0.2, 0) is 12.8 Å². The molecule has 5 heteroatoms. The molecule has 0 bridgehead atoms. The van der Waals surface area contributed by atoms with E-state index in [0.717, 1.165) is 29.8 Å². The van der Waals surface area contributed by atoms with Crippen molar-refractivity contribution in [2.24, 2.45) is 5.92 Å². The summed E-state index contributed by atoms with van der Waals surface area (Å²) in [5, 5.41) is 14.7. The molecule has 0 spiro atoms. The van der Waals surface area contributed by atoms with Crippen molar-refractivity contribution in [3.63, 3.8) is 0 Å². The van der Waals surface area contributed by atoms with Crippen molar-refractivity contribution < 1.29 is 9.63 Å². The molecule has 2 atom stereocenters. The highest BCUT2D eigenvalue weighted by molar-refractivity contribution is 6.30. The standard InChI is InChI=1S/C16H19ClN2O2/c17-13-7-5-11(6-8-13)9-15-18-16(21-19-15)10-12-3-1-2-4-14(12)20/h5-8,12,14,20H,1-4,9-10H2. The third-order valence-corrected chi connectivity index (χ3v) is 4.34. The van der Waals surface area contributed by atoms with E-state index in [0.29, 0.717) is 24.6 Å². The number of halogens is 1. The second kappa shape index (κ2) is 6.58. The summed E-state index contributed by atoms with van der Waals surface area (Å²) >= 11 is 5.87. The molecule has 0 aliphatic heterocycles. The van der Waals surface area contributed by atoms with Gasteiger partial charge in [0, 0.05) is 17.9 Å². The molecule has 2 unspecified atom stereocenters. The molecule has 3 rings (SSSR count). The lowest BCUT2D eigenvalue weighted by atomic mass is 9.84. The van der Waals surface area contributed by atoms with E-state index in [-0.39, 0.29) is 12.0 Å². The van der Waals surface area contributed by atoms with Gasteiger partial charge in [0.05, 0.1) is 6.10 Å². The van der Waals surface area contributed by atoms with Gasteiger partial charge in [-0.1, -0.05) is 41.7 Å². The van der Waals surface area contributed by atoms with Gasteiger partial charge in [0.25, 0.3) is 0 Å². The van der Waals surface area contributed by atoms with Crippen LogP contribution in [0.25, 0.3) is 0 Å². The number of hydrogen-bond acceptors (Lipinski definition) is 4. The molecule has 1 aromatic heterocycles. The van der Waals surface area contributed by atoms with Crippen molar-refractivity contribution >= 4 is 11.6 Å². The maximum atomic E-state index is 10.00. The molecular formula is C16H19ClN2O2. The summed E-state index contributed by atoms with van der Waals surface area (Å²) < 4.78 is 5.31. The monoisotopic (exact) mass is 306 g/mol. The van der Waals surface area contributed by atoms with Crippen molar-refractivity contribution in [2.45, 2.75) is 44.6 Å². The second-order valence-corrected chi connectivity index (χ2v) is 6.16. The first kappa shape index (κ1) is 14.5. The van der Waals surface area contributed by atoms with Gasteiger partial charge in [0.2, 0.25) is 5.89 Å². The topological polar surface area (TPSA) is 59.2 Å². The van der Waals surface area contributed by atoms with Crippen LogP contribution in [0, 0.1) is 5.92 Å². The Morgan fingerprint density at radius 2 is 1.95 bits per heavy atom. The summed E-state index contributed by atoms with van der Waals surface area (Å²) in [4.78, 5) is 4.43. The molecule has 112 valence electrons. The average Bonchev–Trinajstić information content (AvgIpc) is 2.91. The maximum absolute atomic E-state index is 10.00. The minimum absolute atomic E-state index is 0.231. The summed E-state index contributed by atoms with van der Waals surface area (Å²) in [6.45, 7) is 0. The zero-order valence-electron chi connectivity index (χ0n) is 11.8.